The number of aliphatic hydroxyl groups is 1. The lowest BCUT2D eigenvalue weighted by atomic mass is 10.1. The van der Waals surface area contributed by atoms with Crippen LogP contribution < -0.4 is 16.4 Å². The first-order valence-electron chi connectivity index (χ1n) is 5.71. The van der Waals surface area contributed by atoms with E-state index in [0.717, 1.165) is 5.69 Å². The van der Waals surface area contributed by atoms with E-state index in [2.05, 4.69) is 10.6 Å². The van der Waals surface area contributed by atoms with Crippen LogP contribution in [0.4, 0.5) is 11.4 Å². The zero-order valence-corrected chi connectivity index (χ0v) is 9.99. The number of aliphatic hydroxyl groups excluding tert-OH is 1. The molecular weight excluding hydrogens is 218 g/mol. The summed E-state index contributed by atoms with van der Waals surface area (Å²) in [5, 5.41) is 14.5. The second-order valence-corrected chi connectivity index (χ2v) is 3.67. The molecule has 1 rings (SSSR count). The summed E-state index contributed by atoms with van der Waals surface area (Å²) in [5.41, 5.74) is 7.68. The molecule has 1 aromatic carbocycles. The highest BCUT2D eigenvalue weighted by atomic mass is 16.3. The lowest BCUT2D eigenvalue weighted by Gasteiger charge is -2.10. The first kappa shape index (κ1) is 13.3. The largest absolute Gasteiger partial charge is 0.397 e. The summed E-state index contributed by atoms with van der Waals surface area (Å²) in [4.78, 5) is 11.6. The molecule has 1 aromatic rings. The number of hydrogen-bond acceptors (Lipinski definition) is 4. The average Bonchev–Trinajstić information content (AvgIpc) is 2.32. The maximum Gasteiger partial charge on any atom is 0.251 e. The number of carbonyl (C=O) groups excluding carboxylic acids is 1. The minimum Gasteiger partial charge on any atom is -0.397 e. The van der Waals surface area contributed by atoms with Crippen molar-refractivity contribution in [2.75, 3.05) is 30.7 Å². The molecule has 0 heterocycles. The van der Waals surface area contributed by atoms with E-state index in [-0.39, 0.29) is 12.5 Å². The van der Waals surface area contributed by atoms with Gasteiger partial charge >= 0.3 is 0 Å². The fraction of sp³-hybridized carbons (Fsp3) is 0.417. The Morgan fingerprint density at radius 1 is 1.47 bits per heavy atom. The van der Waals surface area contributed by atoms with Gasteiger partial charge in [0, 0.05) is 25.3 Å². The smallest absolute Gasteiger partial charge is 0.251 e. The van der Waals surface area contributed by atoms with Crippen molar-refractivity contribution in [2.24, 2.45) is 0 Å². The maximum atomic E-state index is 11.6. The third-order valence-corrected chi connectivity index (χ3v) is 2.30. The molecular formula is C12H19N3O2. The van der Waals surface area contributed by atoms with Gasteiger partial charge in [0.05, 0.1) is 11.4 Å². The van der Waals surface area contributed by atoms with E-state index in [1.165, 1.54) is 0 Å². The number of nitrogens with two attached hydrogens (primary N) is 1. The van der Waals surface area contributed by atoms with E-state index >= 15 is 0 Å². The van der Waals surface area contributed by atoms with Crippen LogP contribution in [0.15, 0.2) is 18.2 Å². The van der Waals surface area contributed by atoms with E-state index in [9.17, 15) is 4.79 Å². The number of carbonyl (C=O) groups is 1. The van der Waals surface area contributed by atoms with Gasteiger partial charge in [-0.2, -0.15) is 0 Å². The van der Waals surface area contributed by atoms with E-state index in [1.54, 1.807) is 18.2 Å². The molecule has 0 spiro atoms. The molecule has 0 bridgehead atoms. The van der Waals surface area contributed by atoms with Gasteiger partial charge in [0.25, 0.3) is 5.91 Å². The Balaban J connectivity index is 2.75. The highest BCUT2D eigenvalue weighted by Crippen LogP contribution is 2.19. The SMILES string of the molecule is CCNC(=O)c1ccc(N)c(NCCCO)c1. The summed E-state index contributed by atoms with van der Waals surface area (Å²) in [6.45, 7) is 3.22. The second-order valence-electron chi connectivity index (χ2n) is 3.67. The van der Waals surface area contributed by atoms with Gasteiger partial charge < -0.3 is 21.5 Å². The molecule has 0 saturated carbocycles. The lowest BCUT2D eigenvalue weighted by molar-refractivity contribution is 0.0956. The molecule has 0 aliphatic heterocycles. The molecule has 1 amide bonds. The Kier molecular flexibility index (Phi) is 5.29. The third-order valence-electron chi connectivity index (χ3n) is 2.30. The predicted molar refractivity (Wildman–Crippen MR) is 69.1 cm³/mol. The molecule has 0 aromatic heterocycles. The second kappa shape index (κ2) is 6.75. The summed E-state index contributed by atoms with van der Waals surface area (Å²) in [5.74, 6) is -0.113. The van der Waals surface area contributed by atoms with Crippen LogP contribution in [0, 0.1) is 0 Å². The van der Waals surface area contributed by atoms with Crippen LogP contribution in [0.3, 0.4) is 0 Å². The van der Waals surface area contributed by atoms with E-state index < -0.39 is 0 Å². The molecule has 0 saturated heterocycles. The highest BCUT2D eigenvalue weighted by Gasteiger charge is 2.06. The predicted octanol–water partition coefficient (Wildman–Crippen LogP) is 0.813. The van der Waals surface area contributed by atoms with Crippen LogP contribution in [0.5, 0.6) is 0 Å². The topological polar surface area (TPSA) is 87.4 Å². The normalized spacial score (nSPS) is 10.0. The van der Waals surface area contributed by atoms with Gasteiger partial charge in [-0.05, 0) is 31.5 Å². The number of amides is 1. The quantitative estimate of drug-likeness (QED) is 0.435. The summed E-state index contributed by atoms with van der Waals surface area (Å²) in [7, 11) is 0. The monoisotopic (exact) mass is 237 g/mol. The Labute approximate surface area is 101 Å². The first-order valence-corrected chi connectivity index (χ1v) is 5.71. The molecule has 0 aliphatic carbocycles. The van der Waals surface area contributed by atoms with Gasteiger partial charge in [0.2, 0.25) is 0 Å². The van der Waals surface area contributed by atoms with Crippen molar-refractivity contribution in [1.82, 2.24) is 5.32 Å². The van der Waals surface area contributed by atoms with Crippen molar-refractivity contribution in [1.29, 1.82) is 0 Å². The lowest BCUT2D eigenvalue weighted by Crippen LogP contribution is -2.22. The van der Waals surface area contributed by atoms with Crippen LogP contribution in [0.25, 0.3) is 0 Å². The Morgan fingerprint density at radius 2 is 2.24 bits per heavy atom. The summed E-state index contributed by atoms with van der Waals surface area (Å²) < 4.78 is 0. The molecule has 94 valence electrons. The first-order chi connectivity index (χ1) is 8.19. The molecule has 0 fully saturated rings. The van der Waals surface area contributed by atoms with Crippen LogP contribution in [-0.2, 0) is 0 Å². The van der Waals surface area contributed by atoms with E-state index in [1.807, 2.05) is 6.92 Å². The molecule has 5 N–H and O–H groups in total. The zero-order chi connectivity index (χ0) is 12.7. The number of rotatable bonds is 6. The number of hydrogen-bond donors (Lipinski definition) is 4. The van der Waals surface area contributed by atoms with Gasteiger partial charge in [-0.1, -0.05) is 0 Å². The minimum atomic E-state index is -0.113. The standard InChI is InChI=1S/C12H19N3O2/c1-2-14-12(17)9-4-5-10(13)11(8-9)15-6-3-7-16/h4-5,8,15-16H,2-3,6-7,13H2,1H3,(H,14,17). The van der Waals surface area contributed by atoms with Gasteiger partial charge in [-0.25, -0.2) is 0 Å². The third kappa shape index (κ3) is 3.96. The van der Waals surface area contributed by atoms with Crippen LogP contribution in [0.1, 0.15) is 23.7 Å². The number of benzene rings is 1. The van der Waals surface area contributed by atoms with E-state index in [4.69, 9.17) is 10.8 Å². The summed E-state index contributed by atoms with van der Waals surface area (Å²) in [6, 6.07) is 5.11. The van der Waals surface area contributed by atoms with Gasteiger partial charge in [-0.15, -0.1) is 0 Å². The molecule has 0 unspecified atom stereocenters. The zero-order valence-electron chi connectivity index (χ0n) is 9.99. The number of nitrogens with one attached hydrogen (secondary N) is 2. The highest BCUT2D eigenvalue weighted by molar-refractivity contribution is 5.96. The van der Waals surface area contributed by atoms with Crippen molar-refractivity contribution in [3.05, 3.63) is 23.8 Å². The molecule has 5 nitrogen and oxygen atoms in total. The molecule has 17 heavy (non-hydrogen) atoms. The molecule has 0 aliphatic rings. The fourth-order valence-corrected chi connectivity index (χ4v) is 1.42. The van der Waals surface area contributed by atoms with Crippen molar-refractivity contribution < 1.29 is 9.90 Å². The summed E-state index contributed by atoms with van der Waals surface area (Å²) in [6.07, 6.45) is 0.644. The molecule has 0 atom stereocenters. The maximum absolute atomic E-state index is 11.6. The van der Waals surface area contributed by atoms with Gasteiger partial charge in [0.15, 0.2) is 0 Å². The minimum absolute atomic E-state index is 0.113. The van der Waals surface area contributed by atoms with Crippen molar-refractivity contribution >= 4 is 17.3 Å². The van der Waals surface area contributed by atoms with Crippen molar-refractivity contribution in [2.45, 2.75) is 13.3 Å². The van der Waals surface area contributed by atoms with Crippen LogP contribution in [-0.4, -0.2) is 30.7 Å². The van der Waals surface area contributed by atoms with Crippen molar-refractivity contribution in [3.8, 4) is 0 Å². The Bertz CT molecular complexity index is 380. The van der Waals surface area contributed by atoms with Crippen LogP contribution >= 0.6 is 0 Å². The van der Waals surface area contributed by atoms with E-state index in [0.29, 0.717) is 30.8 Å². The van der Waals surface area contributed by atoms with Gasteiger partial charge in [-0.3, -0.25) is 4.79 Å². The number of nitrogen functional groups attached to an aromatic ring is 1. The fourth-order valence-electron chi connectivity index (χ4n) is 1.42. The van der Waals surface area contributed by atoms with Gasteiger partial charge in [0.1, 0.15) is 0 Å². The Morgan fingerprint density at radius 3 is 2.88 bits per heavy atom. The van der Waals surface area contributed by atoms with Crippen molar-refractivity contribution in [3.63, 3.8) is 0 Å². The Hall–Kier alpha value is -1.75. The summed E-state index contributed by atoms with van der Waals surface area (Å²) >= 11 is 0. The van der Waals surface area contributed by atoms with Crippen LogP contribution in [0.2, 0.25) is 0 Å². The molecule has 0 radical (unpaired) electrons. The number of anilines is 2. The average molecular weight is 237 g/mol. The molecule has 5 heteroatoms.